The molecule has 0 saturated carbocycles. The highest BCUT2D eigenvalue weighted by Gasteiger charge is 2.30. The number of rotatable bonds is 2. The molecule has 0 radical (unpaired) electrons. The first-order chi connectivity index (χ1) is 7.43. The molecule has 5 heteroatoms. The van der Waals surface area contributed by atoms with Gasteiger partial charge in [0.2, 0.25) is 0 Å². The topological polar surface area (TPSA) is 26.3 Å². The number of esters is 1. The SMILES string of the molecule is COC(=O)/C=C\c1cccc(C(F)(F)F)c1. The molecular formula is C11H9F3O2. The fourth-order valence-corrected chi connectivity index (χ4v) is 1.05. The first-order valence-corrected chi connectivity index (χ1v) is 4.37. The third-order valence-corrected chi connectivity index (χ3v) is 1.83. The summed E-state index contributed by atoms with van der Waals surface area (Å²) >= 11 is 0. The van der Waals surface area contributed by atoms with Crippen molar-refractivity contribution in [3.8, 4) is 0 Å². The van der Waals surface area contributed by atoms with Crippen molar-refractivity contribution in [2.75, 3.05) is 7.11 Å². The van der Waals surface area contributed by atoms with Crippen molar-refractivity contribution in [2.45, 2.75) is 6.18 Å². The van der Waals surface area contributed by atoms with Gasteiger partial charge >= 0.3 is 12.1 Å². The zero-order valence-corrected chi connectivity index (χ0v) is 8.41. The van der Waals surface area contributed by atoms with E-state index in [1.807, 2.05) is 0 Å². The van der Waals surface area contributed by atoms with Crippen molar-refractivity contribution in [3.05, 3.63) is 41.5 Å². The number of carbonyl (C=O) groups excluding carboxylic acids is 1. The first kappa shape index (κ1) is 12.3. The second kappa shape index (κ2) is 4.83. The Morgan fingerprint density at radius 3 is 2.62 bits per heavy atom. The zero-order chi connectivity index (χ0) is 12.2. The van der Waals surface area contributed by atoms with Crippen molar-refractivity contribution in [1.29, 1.82) is 0 Å². The maximum atomic E-state index is 12.3. The summed E-state index contributed by atoms with van der Waals surface area (Å²) in [5.41, 5.74) is -0.459. The lowest BCUT2D eigenvalue weighted by atomic mass is 10.1. The van der Waals surface area contributed by atoms with Crippen LogP contribution in [0.1, 0.15) is 11.1 Å². The Morgan fingerprint density at radius 2 is 2.06 bits per heavy atom. The maximum Gasteiger partial charge on any atom is 0.416 e. The van der Waals surface area contributed by atoms with Gasteiger partial charge in [0, 0.05) is 6.08 Å². The maximum absolute atomic E-state index is 12.3. The van der Waals surface area contributed by atoms with Crippen LogP contribution in [-0.2, 0) is 15.7 Å². The van der Waals surface area contributed by atoms with Crippen molar-refractivity contribution in [3.63, 3.8) is 0 Å². The van der Waals surface area contributed by atoms with E-state index in [4.69, 9.17) is 0 Å². The van der Waals surface area contributed by atoms with Crippen LogP contribution in [0.4, 0.5) is 13.2 Å². The van der Waals surface area contributed by atoms with Crippen LogP contribution in [0.2, 0.25) is 0 Å². The van der Waals surface area contributed by atoms with Gasteiger partial charge in [0.1, 0.15) is 0 Å². The van der Waals surface area contributed by atoms with E-state index in [9.17, 15) is 18.0 Å². The Morgan fingerprint density at radius 1 is 1.38 bits per heavy atom. The lowest BCUT2D eigenvalue weighted by molar-refractivity contribution is -0.137. The highest BCUT2D eigenvalue weighted by atomic mass is 19.4. The van der Waals surface area contributed by atoms with Gasteiger partial charge in [-0.05, 0) is 23.8 Å². The summed E-state index contributed by atoms with van der Waals surface area (Å²) in [5, 5.41) is 0. The smallest absolute Gasteiger partial charge is 0.416 e. The number of carbonyl (C=O) groups is 1. The van der Waals surface area contributed by atoms with E-state index in [-0.39, 0.29) is 0 Å². The Labute approximate surface area is 90.3 Å². The summed E-state index contributed by atoms with van der Waals surface area (Å²) in [5.74, 6) is -0.614. The van der Waals surface area contributed by atoms with E-state index in [0.717, 1.165) is 18.2 Å². The Hall–Kier alpha value is -1.78. The molecule has 0 amide bonds. The minimum atomic E-state index is -4.38. The number of hydrogen-bond donors (Lipinski definition) is 0. The van der Waals surface area contributed by atoms with E-state index < -0.39 is 17.7 Å². The van der Waals surface area contributed by atoms with Gasteiger partial charge in [0.05, 0.1) is 12.7 Å². The minimum Gasteiger partial charge on any atom is -0.466 e. The van der Waals surface area contributed by atoms with Gasteiger partial charge in [-0.25, -0.2) is 4.79 Å². The molecule has 1 aromatic rings. The number of hydrogen-bond acceptors (Lipinski definition) is 2. The number of halogens is 3. The first-order valence-electron chi connectivity index (χ1n) is 4.37. The molecule has 0 unspecified atom stereocenters. The molecule has 0 fully saturated rings. The summed E-state index contributed by atoms with van der Waals surface area (Å²) in [6.45, 7) is 0. The molecule has 2 nitrogen and oxygen atoms in total. The number of benzene rings is 1. The number of alkyl halides is 3. The Bertz CT molecular complexity index is 408. The largest absolute Gasteiger partial charge is 0.466 e. The minimum absolute atomic E-state index is 0.292. The van der Waals surface area contributed by atoms with Gasteiger partial charge in [0.25, 0.3) is 0 Å². The fraction of sp³-hybridized carbons (Fsp3) is 0.182. The van der Waals surface area contributed by atoms with Crippen LogP contribution in [0.3, 0.4) is 0 Å². The van der Waals surface area contributed by atoms with Crippen molar-refractivity contribution >= 4 is 12.0 Å². The molecule has 0 spiro atoms. The summed E-state index contributed by atoms with van der Waals surface area (Å²) in [4.78, 5) is 10.7. The van der Waals surface area contributed by atoms with Gasteiger partial charge in [0.15, 0.2) is 0 Å². The predicted molar refractivity (Wildman–Crippen MR) is 52.5 cm³/mol. The highest BCUT2D eigenvalue weighted by molar-refractivity contribution is 5.86. The molecule has 16 heavy (non-hydrogen) atoms. The van der Waals surface area contributed by atoms with Crippen molar-refractivity contribution in [2.24, 2.45) is 0 Å². The molecular weight excluding hydrogens is 221 g/mol. The third kappa shape index (κ3) is 3.42. The quantitative estimate of drug-likeness (QED) is 0.576. The van der Waals surface area contributed by atoms with Crippen LogP contribution in [-0.4, -0.2) is 13.1 Å². The molecule has 0 aliphatic heterocycles. The molecule has 0 aromatic heterocycles. The van der Waals surface area contributed by atoms with Crippen molar-refractivity contribution in [1.82, 2.24) is 0 Å². The van der Waals surface area contributed by atoms with Crippen LogP contribution in [0.5, 0.6) is 0 Å². The van der Waals surface area contributed by atoms with Crippen LogP contribution >= 0.6 is 0 Å². The molecule has 0 saturated heterocycles. The molecule has 1 aromatic carbocycles. The van der Waals surface area contributed by atoms with E-state index in [1.165, 1.54) is 25.3 Å². The van der Waals surface area contributed by atoms with Crippen LogP contribution in [0.15, 0.2) is 30.3 Å². The standard InChI is InChI=1S/C11H9F3O2/c1-16-10(15)6-5-8-3-2-4-9(7-8)11(12,13)14/h2-7H,1H3/b6-5-. The summed E-state index contributed by atoms with van der Waals surface area (Å²) in [6, 6.07) is 4.67. The molecule has 1 rings (SSSR count). The second-order valence-corrected chi connectivity index (χ2v) is 2.98. The number of ether oxygens (including phenoxy) is 1. The number of methoxy groups -OCH3 is 1. The van der Waals surface area contributed by atoms with Gasteiger partial charge in [-0.3, -0.25) is 0 Å². The predicted octanol–water partition coefficient (Wildman–Crippen LogP) is 2.89. The van der Waals surface area contributed by atoms with E-state index in [1.54, 1.807) is 0 Å². The Balaban J connectivity index is 2.91. The summed E-state index contributed by atoms with van der Waals surface area (Å²) in [6.07, 6.45) is -2.05. The lowest BCUT2D eigenvalue weighted by Gasteiger charge is -2.06. The Kier molecular flexibility index (Phi) is 3.71. The van der Waals surface area contributed by atoms with E-state index in [2.05, 4.69) is 4.74 Å². The normalized spacial score (nSPS) is 11.8. The molecule has 86 valence electrons. The third-order valence-electron chi connectivity index (χ3n) is 1.83. The van der Waals surface area contributed by atoms with E-state index in [0.29, 0.717) is 5.56 Å². The van der Waals surface area contributed by atoms with Crippen LogP contribution < -0.4 is 0 Å². The molecule has 0 aliphatic rings. The molecule has 0 atom stereocenters. The fourth-order valence-electron chi connectivity index (χ4n) is 1.05. The second-order valence-electron chi connectivity index (χ2n) is 2.98. The zero-order valence-electron chi connectivity index (χ0n) is 8.41. The lowest BCUT2D eigenvalue weighted by Crippen LogP contribution is -2.04. The average Bonchev–Trinajstić information content (AvgIpc) is 2.25. The van der Waals surface area contributed by atoms with Gasteiger partial charge in [-0.15, -0.1) is 0 Å². The molecule has 0 N–H and O–H groups in total. The van der Waals surface area contributed by atoms with Gasteiger partial charge in [-0.2, -0.15) is 13.2 Å². The van der Waals surface area contributed by atoms with Gasteiger partial charge < -0.3 is 4.74 Å². The summed E-state index contributed by atoms with van der Waals surface area (Å²) in [7, 11) is 1.19. The molecule has 0 heterocycles. The van der Waals surface area contributed by atoms with Crippen LogP contribution in [0.25, 0.3) is 6.08 Å². The van der Waals surface area contributed by atoms with Crippen LogP contribution in [0, 0.1) is 0 Å². The van der Waals surface area contributed by atoms with E-state index >= 15 is 0 Å². The highest BCUT2D eigenvalue weighted by Crippen LogP contribution is 2.29. The molecule has 0 aliphatic carbocycles. The average molecular weight is 230 g/mol. The van der Waals surface area contributed by atoms with Crippen molar-refractivity contribution < 1.29 is 22.7 Å². The molecule has 0 bridgehead atoms. The monoisotopic (exact) mass is 230 g/mol. The summed E-state index contributed by atoms with van der Waals surface area (Å²) < 4.78 is 41.3. The van der Waals surface area contributed by atoms with Gasteiger partial charge in [-0.1, -0.05) is 12.1 Å².